The van der Waals surface area contributed by atoms with Crippen LogP contribution in [0.3, 0.4) is 0 Å². The Morgan fingerprint density at radius 3 is 2.79 bits per heavy atom. The summed E-state index contributed by atoms with van der Waals surface area (Å²) >= 11 is 5.91. The topological polar surface area (TPSA) is 74.5 Å². The molecule has 0 aliphatic carbocycles. The summed E-state index contributed by atoms with van der Waals surface area (Å²) < 4.78 is 5.02. The van der Waals surface area contributed by atoms with Gasteiger partial charge in [0.15, 0.2) is 0 Å². The van der Waals surface area contributed by atoms with Crippen molar-refractivity contribution < 1.29 is 14.3 Å². The average Bonchev–Trinajstić information content (AvgIpc) is 2.93. The van der Waals surface area contributed by atoms with Gasteiger partial charge in [-0.2, -0.15) is 0 Å². The molecule has 5 nitrogen and oxygen atoms in total. The number of hydrogen-bond acceptors (Lipinski definition) is 3. The van der Waals surface area contributed by atoms with Crippen LogP contribution >= 0.6 is 11.6 Å². The van der Waals surface area contributed by atoms with Crippen molar-refractivity contribution in [1.82, 2.24) is 5.32 Å². The van der Waals surface area contributed by atoms with Gasteiger partial charge in [-0.25, -0.2) is 4.79 Å². The molecule has 1 aromatic carbocycles. The number of furan rings is 1. The third kappa shape index (κ3) is 3.74. The number of benzene rings is 1. The van der Waals surface area contributed by atoms with Crippen molar-refractivity contribution in [1.29, 1.82) is 0 Å². The number of anilines is 1. The molecule has 19 heavy (non-hydrogen) atoms. The van der Waals surface area contributed by atoms with Crippen LogP contribution in [-0.2, 0) is 0 Å². The van der Waals surface area contributed by atoms with Crippen LogP contribution in [-0.4, -0.2) is 17.7 Å². The van der Waals surface area contributed by atoms with Crippen LogP contribution in [0.4, 0.5) is 10.5 Å². The zero-order valence-electron chi connectivity index (χ0n) is 9.97. The Kier molecular flexibility index (Phi) is 4.43. The highest BCUT2D eigenvalue weighted by molar-refractivity contribution is 6.33. The van der Waals surface area contributed by atoms with Gasteiger partial charge < -0.3 is 20.2 Å². The van der Waals surface area contributed by atoms with Gasteiger partial charge in [0.25, 0.3) is 0 Å². The second-order valence-electron chi connectivity index (χ2n) is 3.85. The molecule has 1 heterocycles. The lowest BCUT2D eigenvalue weighted by molar-refractivity contribution is 0.149. The third-order valence-corrected chi connectivity index (χ3v) is 2.78. The number of para-hydroxylation sites is 1. The summed E-state index contributed by atoms with van der Waals surface area (Å²) in [7, 11) is 0. The first-order chi connectivity index (χ1) is 9.16. The number of urea groups is 1. The second kappa shape index (κ2) is 6.26. The van der Waals surface area contributed by atoms with Gasteiger partial charge in [-0.15, -0.1) is 0 Å². The fraction of sp³-hybridized carbons (Fsp3) is 0.154. The standard InChI is InChI=1S/C13H13ClN2O3/c14-9-4-1-2-5-10(9)16-13(18)15-8-11(17)12-6-3-7-19-12/h1-7,11,17H,8H2,(H2,15,16,18). The monoisotopic (exact) mass is 280 g/mol. The molecule has 1 aromatic heterocycles. The summed E-state index contributed by atoms with van der Waals surface area (Å²) in [6.07, 6.45) is 0.578. The maximum Gasteiger partial charge on any atom is 0.319 e. The minimum Gasteiger partial charge on any atom is -0.467 e. The molecule has 0 aliphatic heterocycles. The number of aliphatic hydroxyl groups excluding tert-OH is 1. The maximum absolute atomic E-state index is 11.6. The number of amides is 2. The molecule has 2 amide bonds. The molecule has 0 aliphatic rings. The van der Waals surface area contributed by atoms with E-state index in [0.717, 1.165) is 0 Å². The van der Waals surface area contributed by atoms with Gasteiger partial charge in [-0.3, -0.25) is 0 Å². The third-order valence-electron chi connectivity index (χ3n) is 2.45. The molecule has 1 unspecified atom stereocenters. The van der Waals surface area contributed by atoms with E-state index in [0.29, 0.717) is 16.5 Å². The molecule has 0 bridgehead atoms. The Bertz CT molecular complexity index is 543. The molecule has 2 aromatic rings. The van der Waals surface area contributed by atoms with Crippen LogP contribution in [0.25, 0.3) is 0 Å². The fourth-order valence-electron chi connectivity index (χ4n) is 1.50. The zero-order valence-corrected chi connectivity index (χ0v) is 10.7. The van der Waals surface area contributed by atoms with E-state index in [1.807, 2.05) is 0 Å². The lowest BCUT2D eigenvalue weighted by Gasteiger charge is -2.11. The van der Waals surface area contributed by atoms with Gasteiger partial charge in [0.05, 0.1) is 23.5 Å². The molecule has 1 atom stereocenters. The Balaban J connectivity index is 1.84. The number of nitrogens with one attached hydrogen (secondary N) is 2. The smallest absolute Gasteiger partial charge is 0.319 e. The van der Waals surface area contributed by atoms with Crippen LogP contribution in [0.15, 0.2) is 47.1 Å². The van der Waals surface area contributed by atoms with E-state index in [4.69, 9.17) is 16.0 Å². The van der Waals surface area contributed by atoms with Crippen LogP contribution in [0, 0.1) is 0 Å². The molecule has 0 fully saturated rings. The van der Waals surface area contributed by atoms with E-state index in [2.05, 4.69) is 10.6 Å². The molecule has 0 spiro atoms. The van der Waals surface area contributed by atoms with Crippen molar-refractivity contribution in [2.24, 2.45) is 0 Å². The van der Waals surface area contributed by atoms with Crippen molar-refractivity contribution in [2.45, 2.75) is 6.10 Å². The number of hydrogen-bond donors (Lipinski definition) is 3. The van der Waals surface area contributed by atoms with Crippen LogP contribution < -0.4 is 10.6 Å². The predicted molar refractivity (Wildman–Crippen MR) is 72.1 cm³/mol. The lowest BCUT2D eigenvalue weighted by atomic mass is 10.3. The van der Waals surface area contributed by atoms with Crippen molar-refractivity contribution in [3.63, 3.8) is 0 Å². The number of carbonyl (C=O) groups excluding carboxylic acids is 1. The lowest BCUT2D eigenvalue weighted by Crippen LogP contribution is -2.32. The first-order valence-corrected chi connectivity index (χ1v) is 6.05. The average molecular weight is 281 g/mol. The molecule has 0 saturated carbocycles. The van der Waals surface area contributed by atoms with Crippen molar-refractivity contribution in [2.75, 3.05) is 11.9 Å². The highest BCUT2D eigenvalue weighted by atomic mass is 35.5. The molecule has 0 saturated heterocycles. The summed E-state index contributed by atoms with van der Waals surface area (Å²) in [5.41, 5.74) is 0.508. The SMILES string of the molecule is O=C(NCC(O)c1ccco1)Nc1ccccc1Cl. The van der Waals surface area contributed by atoms with Gasteiger partial charge in [-0.1, -0.05) is 23.7 Å². The molecule has 6 heteroatoms. The van der Waals surface area contributed by atoms with E-state index in [1.54, 1.807) is 36.4 Å². The molecular formula is C13H13ClN2O3. The number of carbonyl (C=O) groups is 1. The predicted octanol–water partition coefficient (Wildman–Crippen LogP) is 2.79. The number of aliphatic hydroxyl groups is 1. The van der Waals surface area contributed by atoms with Gasteiger partial charge in [0.1, 0.15) is 11.9 Å². The van der Waals surface area contributed by atoms with E-state index in [1.165, 1.54) is 6.26 Å². The summed E-state index contributed by atoms with van der Waals surface area (Å²) in [6.45, 7) is 0.0454. The Morgan fingerprint density at radius 2 is 2.11 bits per heavy atom. The first-order valence-electron chi connectivity index (χ1n) is 5.67. The summed E-state index contributed by atoms with van der Waals surface area (Å²) in [5.74, 6) is 0.401. The maximum atomic E-state index is 11.6. The van der Waals surface area contributed by atoms with Gasteiger partial charge in [0.2, 0.25) is 0 Å². The Morgan fingerprint density at radius 1 is 1.32 bits per heavy atom. The van der Waals surface area contributed by atoms with Crippen LogP contribution in [0.5, 0.6) is 0 Å². The van der Waals surface area contributed by atoms with E-state index in [-0.39, 0.29) is 6.54 Å². The minimum atomic E-state index is -0.882. The number of halogens is 1. The van der Waals surface area contributed by atoms with E-state index in [9.17, 15) is 9.90 Å². The summed E-state index contributed by atoms with van der Waals surface area (Å²) in [5, 5.41) is 15.3. The zero-order chi connectivity index (χ0) is 13.7. The van der Waals surface area contributed by atoms with Crippen LogP contribution in [0.2, 0.25) is 5.02 Å². The van der Waals surface area contributed by atoms with Crippen molar-refractivity contribution >= 4 is 23.3 Å². The largest absolute Gasteiger partial charge is 0.467 e. The summed E-state index contributed by atoms with van der Waals surface area (Å²) in [4.78, 5) is 11.6. The van der Waals surface area contributed by atoms with Gasteiger partial charge in [-0.05, 0) is 24.3 Å². The van der Waals surface area contributed by atoms with Gasteiger partial charge in [0, 0.05) is 0 Å². The summed E-state index contributed by atoms with van der Waals surface area (Å²) in [6, 6.07) is 9.75. The van der Waals surface area contributed by atoms with E-state index >= 15 is 0 Å². The fourth-order valence-corrected chi connectivity index (χ4v) is 1.68. The molecular weight excluding hydrogens is 268 g/mol. The van der Waals surface area contributed by atoms with Gasteiger partial charge >= 0.3 is 6.03 Å². The normalized spacial score (nSPS) is 11.9. The van der Waals surface area contributed by atoms with Crippen molar-refractivity contribution in [3.05, 3.63) is 53.4 Å². The second-order valence-corrected chi connectivity index (χ2v) is 4.25. The molecule has 2 rings (SSSR count). The molecule has 3 N–H and O–H groups in total. The Labute approximate surface area is 115 Å². The highest BCUT2D eigenvalue weighted by Gasteiger charge is 2.12. The Hall–Kier alpha value is -1.98. The number of rotatable bonds is 4. The highest BCUT2D eigenvalue weighted by Crippen LogP contribution is 2.20. The van der Waals surface area contributed by atoms with Crippen LogP contribution in [0.1, 0.15) is 11.9 Å². The molecule has 0 radical (unpaired) electrons. The minimum absolute atomic E-state index is 0.0454. The first kappa shape index (κ1) is 13.5. The quantitative estimate of drug-likeness (QED) is 0.806. The van der Waals surface area contributed by atoms with Crippen molar-refractivity contribution in [3.8, 4) is 0 Å². The van der Waals surface area contributed by atoms with E-state index < -0.39 is 12.1 Å². The molecule has 100 valence electrons.